The summed E-state index contributed by atoms with van der Waals surface area (Å²) in [4.78, 5) is 26.9. The molecule has 0 radical (unpaired) electrons. The van der Waals surface area contributed by atoms with Gasteiger partial charge < -0.3 is 19.2 Å². The molecule has 1 aliphatic carbocycles. The number of thioether (sulfide) groups is 1. The van der Waals surface area contributed by atoms with Crippen molar-refractivity contribution in [3.05, 3.63) is 34.4 Å². The lowest BCUT2D eigenvalue weighted by Gasteiger charge is -2.18. The average Bonchev–Trinajstić information content (AvgIpc) is 3.65. The SMILES string of the molecule is CCOC(=O)c1c(NC(=O)CSc2nnc(-c3ccco3)n2CC2CCCO2)sc2c1CCC(C)C2. The second-order valence-corrected chi connectivity index (χ2v) is 11.2. The van der Waals surface area contributed by atoms with Crippen molar-refractivity contribution >= 4 is 40.0 Å². The Balaban J connectivity index is 1.32. The number of furan rings is 1. The second kappa shape index (κ2) is 11.2. The zero-order valence-electron chi connectivity index (χ0n) is 20.5. The van der Waals surface area contributed by atoms with Gasteiger partial charge in [-0.2, -0.15) is 0 Å². The fraction of sp³-hybridized carbons (Fsp3) is 0.520. The number of fused-ring (bicyclic) bond motifs is 1. The predicted molar refractivity (Wildman–Crippen MR) is 138 cm³/mol. The molecule has 4 heterocycles. The molecule has 0 spiro atoms. The maximum atomic E-state index is 13.0. The fourth-order valence-electron chi connectivity index (χ4n) is 4.69. The number of carbonyl (C=O) groups is 2. The number of nitrogens with zero attached hydrogens (tertiary/aromatic N) is 3. The highest BCUT2D eigenvalue weighted by Gasteiger charge is 2.29. The van der Waals surface area contributed by atoms with Crippen molar-refractivity contribution in [2.75, 3.05) is 24.3 Å². The first-order valence-corrected chi connectivity index (χ1v) is 14.2. The van der Waals surface area contributed by atoms with Gasteiger partial charge in [0.05, 0.1) is 36.8 Å². The molecule has 192 valence electrons. The summed E-state index contributed by atoms with van der Waals surface area (Å²) in [6.07, 6.45) is 6.45. The van der Waals surface area contributed by atoms with Gasteiger partial charge >= 0.3 is 5.97 Å². The van der Waals surface area contributed by atoms with Crippen LogP contribution in [0.25, 0.3) is 11.6 Å². The molecule has 1 saturated heterocycles. The Morgan fingerprint density at radius 2 is 2.22 bits per heavy atom. The van der Waals surface area contributed by atoms with Crippen molar-refractivity contribution < 1.29 is 23.5 Å². The lowest BCUT2D eigenvalue weighted by molar-refractivity contribution is -0.113. The van der Waals surface area contributed by atoms with Gasteiger partial charge in [0.15, 0.2) is 10.9 Å². The van der Waals surface area contributed by atoms with Gasteiger partial charge in [0.25, 0.3) is 0 Å². The maximum absolute atomic E-state index is 13.0. The Hall–Kier alpha value is -2.63. The van der Waals surface area contributed by atoms with E-state index in [9.17, 15) is 9.59 Å². The number of esters is 1. The number of anilines is 1. The highest BCUT2D eigenvalue weighted by Crippen LogP contribution is 2.40. The number of carbonyl (C=O) groups excluding carboxylic acids is 2. The van der Waals surface area contributed by atoms with Crippen molar-refractivity contribution in [1.29, 1.82) is 0 Å². The van der Waals surface area contributed by atoms with E-state index in [-0.39, 0.29) is 23.7 Å². The van der Waals surface area contributed by atoms with E-state index in [0.29, 0.717) is 46.4 Å². The molecule has 2 unspecified atom stereocenters. The van der Waals surface area contributed by atoms with E-state index >= 15 is 0 Å². The molecule has 1 amide bonds. The zero-order chi connectivity index (χ0) is 25.1. The Morgan fingerprint density at radius 3 is 2.97 bits per heavy atom. The van der Waals surface area contributed by atoms with Gasteiger partial charge in [-0.1, -0.05) is 18.7 Å². The number of nitrogens with one attached hydrogen (secondary N) is 1. The third-order valence-electron chi connectivity index (χ3n) is 6.45. The quantitative estimate of drug-likeness (QED) is 0.310. The molecular weight excluding hydrogens is 500 g/mol. The molecule has 36 heavy (non-hydrogen) atoms. The lowest BCUT2D eigenvalue weighted by atomic mass is 9.88. The molecule has 3 aromatic rings. The first-order chi connectivity index (χ1) is 17.5. The monoisotopic (exact) mass is 530 g/mol. The Kier molecular flexibility index (Phi) is 7.78. The number of rotatable bonds is 9. The number of hydrogen-bond acceptors (Lipinski definition) is 9. The normalized spacial score (nSPS) is 19.3. The maximum Gasteiger partial charge on any atom is 0.341 e. The first kappa shape index (κ1) is 25.0. The summed E-state index contributed by atoms with van der Waals surface area (Å²) in [6.45, 7) is 5.64. The van der Waals surface area contributed by atoms with Crippen LogP contribution in [0.1, 0.15) is 53.9 Å². The molecule has 3 aromatic heterocycles. The third kappa shape index (κ3) is 5.37. The van der Waals surface area contributed by atoms with Gasteiger partial charge in [-0.15, -0.1) is 21.5 Å². The second-order valence-electron chi connectivity index (χ2n) is 9.14. The van der Waals surface area contributed by atoms with Crippen LogP contribution in [0.2, 0.25) is 0 Å². The smallest absolute Gasteiger partial charge is 0.341 e. The van der Waals surface area contributed by atoms with Gasteiger partial charge in [0, 0.05) is 11.5 Å². The van der Waals surface area contributed by atoms with Crippen LogP contribution in [0.15, 0.2) is 28.0 Å². The molecule has 11 heteroatoms. The Morgan fingerprint density at radius 1 is 1.33 bits per heavy atom. The third-order valence-corrected chi connectivity index (χ3v) is 8.58. The highest BCUT2D eigenvalue weighted by molar-refractivity contribution is 7.99. The van der Waals surface area contributed by atoms with Crippen LogP contribution in [0.4, 0.5) is 5.00 Å². The molecule has 9 nitrogen and oxygen atoms in total. The number of amides is 1. The summed E-state index contributed by atoms with van der Waals surface area (Å²) in [6, 6.07) is 3.65. The van der Waals surface area contributed by atoms with Gasteiger partial charge in [-0.3, -0.25) is 9.36 Å². The minimum Gasteiger partial charge on any atom is -0.462 e. The summed E-state index contributed by atoms with van der Waals surface area (Å²) in [5, 5.41) is 12.8. The number of aromatic nitrogens is 3. The zero-order valence-corrected chi connectivity index (χ0v) is 22.1. The molecule has 0 aromatic carbocycles. The van der Waals surface area contributed by atoms with Gasteiger partial charge in [-0.05, 0) is 62.6 Å². The van der Waals surface area contributed by atoms with Crippen LogP contribution in [0.5, 0.6) is 0 Å². The standard InChI is InChI=1S/C25H30N4O5S2/c1-3-32-24(31)21-17-9-8-15(2)12-19(17)36-23(21)26-20(30)14-35-25-28-27-22(18-7-5-11-34-18)29(25)13-16-6-4-10-33-16/h5,7,11,15-16H,3-4,6,8-10,12-14H2,1-2H3,(H,26,30). The number of thiophene rings is 1. The van der Waals surface area contributed by atoms with Crippen LogP contribution < -0.4 is 5.32 Å². The van der Waals surface area contributed by atoms with Crippen LogP contribution in [0, 0.1) is 5.92 Å². The van der Waals surface area contributed by atoms with Crippen molar-refractivity contribution in [3.8, 4) is 11.6 Å². The molecule has 2 atom stereocenters. The molecule has 2 aliphatic rings. The van der Waals surface area contributed by atoms with Gasteiger partial charge in [0.1, 0.15) is 5.00 Å². The average molecular weight is 531 g/mol. The van der Waals surface area contributed by atoms with E-state index in [1.54, 1.807) is 13.2 Å². The van der Waals surface area contributed by atoms with E-state index < -0.39 is 0 Å². The van der Waals surface area contributed by atoms with Gasteiger partial charge in [0.2, 0.25) is 11.7 Å². The molecule has 1 fully saturated rings. The summed E-state index contributed by atoms with van der Waals surface area (Å²) in [5.41, 5.74) is 1.54. The minimum atomic E-state index is -0.369. The summed E-state index contributed by atoms with van der Waals surface area (Å²) in [5.74, 6) is 1.35. The lowest BCUT2D eigenvalue weighted by Crippen LogP contribution is -2.19. The van der Waals surface area contributed by atoms with Gasteiger partial charge in [-0.25, -0.2) is 4.79 Å². The summed E-state index contributed by atoms with van der Waals surface area (Å²) < 4.78 is 18.7. The van der Waals surface area contributed by atoms with Crippen LogP contribution >= 0.6 is 23.1 Å². The molecule has 1 N–H and O–H groups in total. The van der Waals surface area contributed by atoms with Crippen molar-refractivity contribution in [1.82, 2.24) is 14.8 Å². The minimum absolute atomic E-state index is 0.0786. The Labute approximate surface area is 217 Å². The number of ether oxygens (including phenoxy) is 2. The summed E-state index contributed by atoms with van der Waals surface area (Å²) >= 11 is 2.80. The van der Waals surface area contributed by atoms with E-state index in [2.05, 4.69) is 22.4 Å². The van der Waals surface area contributed by atoms with Crippen LogP contribution in [-0.4, -0.2) is 51.7 Å². The molecule has 5 rings (SSSR count). The van der Waals surface area contributed by atoms with Crippen LogP contribution in [0.3, 0.4) is 0 Å². The van der Waals surface area contributed by atoms with E-state index in [1.165, 1.54) is 28.0 Å². The van der Waals surface area contributed by atoms with E-state index in [4.69, 9.17) is 13.9 Å². The fourth-order valence-corrected chi connectivity index (χ4v) is 6.85. The largest absolute Gasteiger partial charge is 0.462 e. The molecular formula is C25H30N4O5S2. The Bertz CT molecular complexity index is 1210. The predicted octanol–water partition coefficient (Wildman–Crippen LogP) is 4.81. The van der Waals surface area contributed by atoms with E-state index in [0.717, 1.165) is 44.3 Å². The van der Waals surface area contributed by atoms with Crippen molar-refractivity contribution in [2.45, 2.75) is 63.8 Å². The topological polar surface area (TPSA) is 108 Å². The molecule has 0 saturated carbocycles. The summed E-state index contributed by atoms with van der Waals surface area (Å²) in [7, 11) is 0. The first-order valence-electron chi connectivity index (χ1n) is 12.4. The van der Waals surface area contributed by atoms with Crippen molar-refractivity contribution in [2.24, 2.45) is 5.92 Å². The number of hydrogen-bond donors (Lipinski definition) is 1. The van der Waals surface area contributed by atoms with E-state index in [1.807, 2.05) is 16.7 Å². The molecule has 0 bridgehead atoms. The highest BCUT2D eigenvalue weighted by atomic mass is 32.2. The van der Waals surface area contributed by atoms with Crippen LogP contribution in [-0.2, 0) is 33.7 Å². The van der Waals surface area contributed by atoms with Crippen molar-refractivity contribution in [3.63, 3.8) is 0 Å². The molecule has 1 aliphatic heterocycles.